The summed E-state index contributed by atoms with van der Waals surface area (Å²) in [5, 5.41) is 22.0. The van der Waals surface area contributed by atoms with E-state index >= 15 is 0 Å². The number of aromatic hydroxyl groups is 2. The summed E-state index contributed by atoms with van der Waals surface area (Å²) < 4.78 is 0. The summed E-state index contributed by atoms with van der Waals surface area (Å²) in [6.45, 7) is 8.31. The van der Waals surface area contributed by atoms with Gasteiger partial charge in [0, 0.05) is 47.1 Å². The molecule has 3 aromatic carbocycles. The van der Waals surface area contributed by atoms with E-state index in [1.165, 1.54) is 0 Å². The molecule has 0 bridgehead atoms. The highest BCUT2D eigenvalue weighted by molar-refractivity contribution is 6.18. The number of phenolic OH excluding ortho intramolecular Hbond substituents is 2. The van der Waals surface area contributed by atoms with Crippen LogP contribution in [0.25, 0.3) is 0 Å². The summed E-state index contributed by atoms with van der Waals surface area (Å²) >= 11 is 24.3. The molecule has 0 heterocycles. The normalized spacial score (nSPS) is 12.5. The van der Waals surface area contributed by atoms with Crippen LogP contribution in [0.5, 0.6) is 11.5 Å². The molecule has 4 nitrogen and oxygen atoms in total. The molecule has 0 saturated heterocycles. The Morgan fingerprint density at radius 1 is 0.587 bits per heavy atom. The fraction of sp³-hybridized carbons (Fsp3) is 0.474. The number of hydrogen-bond acceptors (Lipinski definition) is 4. The molecule has 0 aliphatic carbocycles. The Morgan fingerprint density at radius 3 is 1.22 bits per heavy atom. The molecule has 0 spiro atoms. The third-order valence-corrected chi connectivity index (χ3v) is 10.1. The Bertz CT molecular complexity index is 1360. The summed E-state index contributed by atoms with van der Waals surface area (Å²) in [5.41, 5.74) is 6.21. The van der Waals surface area contributed by atoms with Crippen LogP contribution >= 0.6 is 46.4 Å². The number of aliphatic imine (C=N–C) groups is 2. The van der Waals surface area contributed by atoms with Crippen molar-refractivity contribution in [1.82, 2.24) is 0 Å². The smallest absolute Gasteiger partial charge is 0.127 e. The molecule has 0 fully saturated rings. The van der Waals surface area contributed by atoms with E-state index in [0.717, 1.165) is 73.6 Å². The largest absolute Gasteiger partial charge is 0.507 e. The van der Waals surface area contributed by atoms with Gasteiger partial charge in [0.2, 0.25) is 0 Å². The first kappa shape index (κ1) is 38.2. The molecule has 46 heavy (non-hydrogen) atoms. The first-order valence-electron chi connectivity index (χ1n) is 16.1. The second-order valence-corrected chi connectivity index (χ2v) is 14.3. The van der Waals surface area contributed by atoms with Crippen molar-refractivity contribution in [2.45, 2.75) is 89.9 Å². The highest BCUT2D eigenvalue weighted by Crippen LogP contribution is 2.39. The minimum Gasteiger partial charge on any atom is -0.507 e. The number of benzene rings is 3. The average Bonchev–Trinajstić information content (AvgIpc) is 3.05. The van der Waals surface area contributed by atoms with Crippen LogP contribution in [0, 0.1) is 13.8 Å². The lowest BCUT2D eigenvalue weighted by atomic mass is 9.74. The number of alkyl halides is 4. The molecule has 0 aromatic heterocycles. The van der Waals surface area contributed by atoms with E-state index < -0.39 is 0 Å². The molecule has 0 saturated carbocycles. The van der Waals surface area contributed by atoms with Crippen LogP contribution in [0.1, 0.15) is 98.6 Å². The van der Waals surface area contributed by atoms with Crippen LogP contribution in [-0.2, 0) is 10.8 Å². The highest BCUT2D eigenvalue weighted by atomic mass is 35.5. The maximum absolute atomic E-state index is 11.0. The fourth-order valence-corrected chi connectivity index (χ4v) is 6.66. The standard InChI is InChI=1S/C38H48Cl4N2O2/c1-27-21-31(37(3,13-7-17-39)14-8-18-40)23-29(35(27)45)25-43-33-11-5-6-12-34(33)44-26-30-24-32(22-28(2)36(30)46)38(4,15-9-19-41)16-10-20-42/h5-6,11-12,21-26,45-46H,7-10,13-20H2,1-4H3. The van der Waals surface area contributed by atoms with E-state index in [-0.39, 0.29) is 22.3 Å². The van der Waals surface area contributed by atoms with Gasteiger partial charge in [-0.3, -0.25) is 9.98 Å². The number of rotatable bonds is 18. The van der Waals surface area contributed by atoms with Crippen LogP contribution in [0.2, 0.25) is 0 Å². The Balaban J connectivity index is 1.99. The molecule has 0 radical (unpaired) electrons. The van der Waals surface area contributed by atoms with Gasteiger partial charge in [-0.1, -0.05) is 38.1 Å². The Morgan fingerprint density at radius 2 is 0.913 bits per heavy atom. The monoisotopic (exact) mass is 704 g/mol. The summed E-state index contributed by atoms with van der Waals surface area (Å²) in [4.78, 5) is 9.55. The zero-order valence-electron chi connectivity index (χ0n) is 27.6. The summed E-state index contributed by atoms with van der Waals surface area (Å²) in [7, 11) is 0. The van der Waals surface area contributed by atoms with E-state index in [4.69, 9.17) is 56.4 Å². The van der Waals surface area contributed by atoms with E-state index in [2.05, 4.69) is 26.0 Å². The molecule has 3 rings (SSSR count). The Hall–Kier alpha value is -2.24. The summed E-state index contributed by atoms with van der Waals surface area (Å²) in [6.07, 6.45) is 10.7. The third kappa shape index (κ3) is 10.1. The van der Waals surface area contributed by atoms with E-state index in [1.54, 1.807) is 12.4 Å². The predicted octanol–water partition coefficient (Wildman–Crippen LogP) is 11.8. The van der Waals surface area contributed by atoms with Gasteiger partial charge in [-0.05, 0) is 123 Å². The van der Waals surface area contributed by atoms with E-state index in [9.17, 15) is 10.2 Å². The second kappa shape index (κ2) is 18.3. The van der Waals surface area contributed by atoms with Crippen LogP contribution in [0.3, 0.4) is 0 Å². The van der Waals surface area contributed by atoms with Gasteiger partial charge in [-0.25, -0.2) is 0 Å². The van der Waals surface area contributed by atoms with Crippen molar-refractivity contribution >= 4 is 70.2 Å². The van der Waals surface area contributed by atoms with Crippen LogP contribution < -0.4 is 0 Å². The van der Waals surface area contributed by atoms with Crippen molar-refractivity contribution < 1.29 is 10.2 Å². The first-order valence-corrected chi connectivity index (χ1v) is 18.2. The molecule has 0 amide bonds. The van der Waals surface area contributed by atoms with Crippen molar-refractivity contribution in [3.8, 4) is 11.5 Å². The quantitative estimate of drug-likeness (QED) is 0.102. The first-order chi connectivity index (χ1) is 22.0. The molecule has 2 N–H and O–H groups in total. The lowest BCUT2D eigenvalue weighted by Gasteiger charge is -2.31. The molecule has 0 aliphatic rings. The fourth-order valence-electron chi connectivity index (χ4n) is 6.12. The number of hydrogen-bond donors (Lipinski definition) is 2. The summed E-state index contributed by atoms with van der Waals surface area (Å²) in [5.74, 6) is 2.80. The SMILES string of the molecule is Cc1cc(C(C)(CCCCl)CCCCl)cc(C=Nc2ccccc2N=Cc2cc(C(C)(CCCCl)CCCCl)cc(C)c2O)c1O. The minimum absolute atomic E-state index is 0.119. The van der Waals surface area contributed by atoms with Gasteiger partial charge >= 0.3 is 0 Å². The van der Waals surface area contributed by atoms with E-state index in [0.29, 0.717) is 46.0 Å². The van der Waals surface area contributed by atoms with Gasteiger partial charge in [0.15, 0.2) is 0 Å². The van der Waals surface area contributed by atoms with Crippen molar-refractivity contribution in [3.63, 3.8) is 0 Å². The molecule has 8 heteroatoms. The Labute approximate surface area is 295 Å². The van der Waals surface area contributed by atoms with Crippen molar-refractivity contribution in [1.29, 1.82) is 0 Å². The maximum Gasteiger partial charge on any atom is 0.127 e. The molecular weight excluding hydrogens is 658 g/mol. The maximum atomic E-state index is 11.0. The van der Waals surface area contributed by atoms with Gasteiger partial charge in [0.05, 0.1) is 11.4 Å². The predicted molar refractivity (Wildman–Crippen MR) is 201 cm³/mol. The van der Waals surface area contributed by atoms with Crippen molar-refractivity contribution in [3.05, 3.63) is 81.9 Å². The lowest BCUT2D eigenvalue weighted by molar-refractivity contribution is 0.392. The van der Waals surface area contributed by atoms with Gasteiger partial charge in [0.25, 0.3) is 0 Å². The van der Waals surface area contributed by atoms with Crippen LogP contribution in [0.4, 0.5) is 11.4 Å². The number of aryl methyl sites for hydroxylation is 2. The lowest BCUT2D eigenvalue weighted by Crippen LogP contribution is -2.23. The van der Waals surface area contributed by atoms with Crippen molar-refractivity contribution in [2.24, 2.45) is 9.98 Å². The van der Waals surface area contributed by atoms with Gasteiger partial charge in [-0.2, -0.15) is 0 Å². The number of halogens is 4. The van der Waals surface area contributed by atoms with Crippen molar-refractivity contribution in [2.75, 3.05) is 23.5 Å². The number of para-hydroxylation sites is 2. The molecule has 250 valence electrons. The van der Waals surface area contributed by atoms with Crippen LogP contribution in [0.15, 0.2) is 58.5 Å². The minimum atomic E-state index is -0.119. The van der Waals surface area contributed by atoms with Gasteiger partial charge in [0.1, 0.15) is 11.5 Å². The highest BCUT2D eigenvalue weighted by Gasteiger charge is 2.28. The van der Waals surface area contributed by atoms with Crippen LogP contribution in [-0.4, -0.2) is 46.2 Å². The second-order valence-electron chi connectivity index (χ2n) is 12.8. The van der Waals surface area contributed by atoms with Gasteiger partial charge < -0.3 is 10.2 Å². The average molecular weight is 707 g/mol. The molecule has 0 aliphatic heterocycles. The Kier molecular flexibility index (Phi) is 15.2. The third-order valence-electron chi connectivity index (χ3n) is 9.07. The van der Waals surface area contributed by atoms with Gasteiger partial charge in [-0.15, -0.1) is 46.4 Å². The number of phenols is 2. The topological polar surface area (TPSA) is 65.2 Å². The molecule has 0 unspecified atom stereocenters. The molecular formula is C38H48Cl4N2O2. The summed E-state index contributed by atoms with van der Waals surface area (Å²) in [6, 6.07) is 15.8. The zero-order valence-corrected chi connectivity index (χ0v) is 30.6. The van der Waals surface area contributed by atoms with E-state index in [1.807, 2.05) is 50.2 Å². The zero-order chi connectivity index (χ0) is 33.7. The number of nitrogens with zero attached hydrogens (tertiary/aromatic N) is 2. The molecule has 0 atom stereocenters. The molecule has 3 aromatic rings.